The van der Waals surface area contributed by atoms with Crippen LogP contribution in [0.25, 0.3) is 0 Å². The standard InChI is InChI=1S/C12H14N4O2S/c1-8(17)10-4-2-9(3-5-10)6-13-11(18)15-12-16-14-7-19-12/h2-5,7-8,17H,6H2,1H3,(H2,13,15,16,18). The van der Waals surface area contributed by atoms with Crippen LogP contribution in [0.3, 0.4) is 0 Å². The molecular formula is C12H14N4O2S. The minimum Gasteiger partial charge on any atom is -0.389 e. The molecule has 1 unspecified atom stereocenters. The Morgan fingerprint density at radius 2 is 2.16 bits per heavy atom. The summed E-state index contributed by atoms with van der Waals surface area (Å²) in [6.45, 7) is 2.12. The van der Waals surface area contributed by atoms with Gasteiger partial charge in [0, 0.05) is 6.54 Å². The van der Waals surface area contributed by atoms with E-state index in [0.717, 1.165) is 11.1 Å². The Kier molecular flexibility index (Phi) is 4.43. The minimum atomic E-state index is -0.484. The highest BCUT2D eigenvalue weighted by Crippen LogP contribution is 2.12. The Labute approximate surface area is 114 Å². The topological polar surface area (TPSA) is 87.1 Å². The summed E-state index contributed by atoms with van der Waals surface area (Å²) in [4.78, 5) is 11.5. The van der Waals surface area contributed by atoms with Crippen molar-refractivity contribution in [1.29, 1.82) is 0 Å². The smallest absolute Gasteiger partial charge is 0.321 e. The minimum absolute atomic E-state index is 0.323. The summed E-state index contributed by atoms with van der Waals surface area (Å²) in [7, 11) is 0. The van der Waals surface area contributed by atoms with Gasteiger partial charge >= 0.3 is 6.03 Å². The molecule has 0 radical (unpaired) electrons. The SMILES string of the molecule is CC(O)c1ccc(CNC(=O)Nc2nncs2)cc1. The molecule has 1 heterocycles. The molecule has 100 valence electrons. The first-order valence-corrected chi connectivity index (χ1v) is 6.61. The number of nitrogens with zero attached hydrogens (tertiary/aromatic N) is 2. The molecule has 6 nitrogen and oxygen atoms in total. The van der Waals surface area contributed by atoms with E-state index in [2.05, 4.69) is 20.8 Å². The van der Waals surface area contributed by atoms with E-state index in [1.807, 2.05) is 24.3 Å². The van der Waals surface area contributed by atoms with Crippen molar-refractivity contribution in [3.05, 3.63) is 40.9 Å². The van der Waals surface area contributed by atoms with Gasteiger partial charge in [-0.15, -0.1) is 10.2 Å². The van der Waals surface area contributed by atoms with Gasteiger partial charge in [-0.25, -0.2) is 4.79 Å². The number of urea groups is 1. The highest BCUT2D eigenvalue weighted by molar-refractivity contribution is 7.13. The Hall–Kier alpha value is -1.99. The lowest BCUT2D eigenvalue weighted by atomic mass is 10.1. The Morgan fingerprint density at radius 3 is 2.74 bits per heavy atom. The molecule has 2 amide bonds. The Balaban J connectivity index is 1.83. The van der Waals surface area contributed by atoms with Gasteiger partial charge in [0.15, 0.2) is 0 Å². The summed E-state index contributed by atoms with van der Waals surface area (Å²) in [6.07, 6.45) is -0.484. The van der Waals surface area contributed by atoms with Crippen molar-refractivity contribution < 1.29 is 9.90 Å². The second kappa shape index (κ2) is 6.26. The molecule has 0 saturated carbocycles. The lowest BCUT2D eigenvalue weighted by Crippen LogP contribution is -2.28. The molecule has 1 aromatic heterocycles. The number of rotatable bonds is 4. The zero-order chi connectivity index (χ0) is 13.7. The van der Waals surface area contributed by atoms with E-state index in [9.17, 15) is 9.90 Å². The Morgan fingerprint density at radius 1 is 1.42 bits per heavy atom. The van der Waals surface area contributed by atoms with Gasteiger partial charge in [-0.05, 0) is 18.1 Å². The molecule has 2 aromatic rings. The maximum atomic E-state index is 11.5. The average molecular weight is 278 g/mol. The third-order valence-corrected chi connectivity index (χ3v) is 3.10. The summed E-state index contributed by atoms with van der Waals surface area (Å²) in [6, 6.07) is 7.09. The monoisotopic (exact) mass is 278 g/mol. The van der Waals surface area contributed by atoms with Crippen molar-refractivity contribution in [2.24, 2.45) is 0 Å². The van der Waals surface area contributed by atoms with Crippen LogP contribution in [0.4, 0.5) is 9.93 Å². The second-order valence-corrected chi connectivity index (χ2v) is 4.80. The van der Waals surface area contributed by atoms with Crippen LogP contribution >= 0.6 is 11.3 Å². The van der Waals surface area contributed by atoms with E-state index in [-0.39, 0.29) is 6.03 Å². The number of nitrogens with one attached hydrogen (secondary N) is 2. The number of anilines is 1. The van der Waals surface area contributed by atoms with E-state index in [1.54, 1.807) is 12.4 Å². The van der Waals surface area contributed by atoms with Gasteiger partial charge in [0.2, 0.25) is 5.13 Å². The molecule has 0 saturated heterocycles. The van der Waals surface area contributed by atoms with E-state index < -0.39 is 6.10 Å². The maximum Gasteiger partial charge on any atom is 0.321 e. The fourth-order valence-electron chi connectivity index (χ4n) is 1.47. The molecule has 1 aromatic carbocycles. The number of benzene rings is 1. The van der Waals surface area contributed by atoms with E-state index in [4.69, 9.17) is 0 Å². The second-order valence-electron chi connectivity index (χ2n) is 3.97. The number of aromatic nitrogens is 2. The molecule has 19 heavy (non-hydrogen) atoms. The third-order valence-electron chi connectivity index (χ3n) is 2.50. The fourth-order valence-corrected chi connectivity index (χ4v) is 1.91. The molecule has 3 N–H and O–H groups in total. The molecule has 7 heteroatoms. The molecule has 0 spiro atoms. The van der Waals surface area contributed by atoms with Crippen LogP contribution in [-0.2, 0) is 6.54 Å². The van der Waals surface area contributed by atoms with Crippen molar-refractivity contribution in [2.75, 3.05) is 5.32 Å². The number of hydrogen-bond donors (Lipinski definition) is 3. The number of carbonyl (C=O) groups is 1. The van der Waals surface area contributed by atoms with E-state index in [0.29, 0.717) is 11.7 Å². The molecular weight excluding hydrogens is 264 g/mol. The fraction of sp³-hybridized carbons (Fsp3) is 0.250. The highest BCUT2D eigenvalue weighted by Gasteiger charge is 2.04. The summed E-state index contributed by atoms with van der Waals surface area (Å²) < 4.78 is 0. The third kappa shape index (κ3) is 4.01. The highest BCUT2D eigenvalue weighted by atomic mass is 32.1. The number of carbonyl (C=O) groups excluding carboxylic acids is 1. The van der Waals surface area contributed by atoms with Gasteiger partial charge in [0.1, 0.15) is 5.51 Å². The number of aliphatic hydroxyl groups excluding tert-OH is 1. The van der Waals surface area contributed by atoms with Crippen LogP contribution < -0.4 is 10.6 Å². The average Bonchev–Trinajstić information content (AvgIpc) is 2.89. The number of hydrogen-bond acceptors (Lipinski definition) is 5. The van der Waals surface area contributed by atoms with Crippen molar-refractivity contribution in [1.82, 2.24) is 15.5 Å². The van der Waals surface area contributed by atoms with Crippen molar-refractivity contribution in [3.63, 3.8) is 0 Å². The number of amides is 2. The predicted octanol–water partition coefficient (Wildman–Crippen LogP) is 1.91. The van der Waals surface area contributed by atoms with Gasteiger partial charge < -0.3 is 10.4 Å². The van der Waals surface area contributed by atoms with Crippen LogP contribution in [0.1, 0.15) is 24.2 Å². The maximum absolute atomic E-state index is 11.5. The van der Waals surface area contributed by atoms with Crippen LogP contribution in [0.15, 0.2) is 29.8 Å². The van der Waals surface area contributed by atoms with Gasteiger partial charge in [-0.1, -0.05) is 35.6 Å². The van der Waals surface area contributed by atoms with Crippen molar-refractivity contribution >= 4 is 22.5 Å². The quantitative estimate of drug-likeness (QED) is 0.797. The van der Waals surface area contributed by atoms with E-state index in [1.165, 1.54) is 11.3 Å². The van der Waals surface area contributed by atoms with Crippen LogP contribution in [-0.4, -0.2) is 21.3 Å². The van der Waals surface area contributed by atoms with E-state index >= 15 is 0 Å². The predicted molar refractivity (Wildman–Crippen MR) is 72.8 cm³/mol. The van der Waals surface area contributed by atoms with Crippen LogP contribution in [0.5, 0.6) is 0 Å². The summed E-state index contributed by atoms with van der Waals surface area (Å²) >= 11 is 1.26. The lowest BCUT2D eigenvalue weighted by Gasteiger charge is -2.07. The zero-order valence-electron chi connectivity index (χ0n) is 10.3. The van der Waals surface area contributed by atoms with Crippen LogP contribution in [0, 0.1) is 0 Å². The van der Waals surface area contributed by atoms with Crippen molar-refractivity contribution in [2.45, 2.75) is 19.6 Å². The van der Waals surface area contributed by atoms with Gasteiger partial charge in [0.05, 0.1) is 6.10 Å². The summed E-state index contributed by atoms with van der Waals surface area (Å²) in [5.74, 6) is 0. The largest absolute Gasteiger partial charge is 0.389 e. The number of aliphatic hydroxyl groups is 1. The molecule has 0 aliphatic heterocycles. The summed E-state index contributed by atoms with van der Waals surface area (Å²) in [5.41, 5.74) is 3.35. The Bertz CT molecular complexity index is 525. The first-order valence-electron chi connectivity index (χ1n) is 5.73. The normalized spacial score (nSPS) is 11.9. The molecule has 1 atom stereocenters. The molecule has 0 fully saturated rings. The molecule has 2 rings (SSSR count). The van der Waals surface area contributed by atoms with Gasteiger partial charge in [-0.2, -0.15) is 0 Å². The molecule has 0 aliphatic carbocycles. The molecule has 0 bridgehead atoms. The first kappa shape index (κ1) is 13.4. The zero-order valence-corrected chi connectivity index (χ0v) is 11.1. The van der Waals surface area contributed by atoms with Gasteiger partial charge in [0.25, 0.3) is 0 Å². The van der Waals surface area contributed by atoms with Crippen molar-refractivity contribution in [3.8, 4) is 0 Å². The first-order chi connectivity index (χ1) is 9.15. The van der Waals surface area contributed by atoms with Gasteiger partial charge in [-0.3, -0.25) is 5.32 Å². The van der Waals surface area contributed by atoms with Crippen LogP contribution in [0.2, 0.25) is 0 Å². The summed E-state index contributed by atoms with van der Waals surface area (Å²) in [5, 5.41) is 22.5. The lowest BCUT2D eigenvalue weighted by molar-refractivity contribution is 0.199. The molecule has 0 aliphatic rings.